The normalized spacial score (nSPS) is 15.6. The number of nitrogens with one attached hydrogen (secondary N) is 1. The zero-order valence-electron chi connectivity index (χ0n) is 25.7. The minimum atomic E-state index is -1.57. The Morgan fingerprint density at radius 3 is 2.23 bits per heavy atom. The van der Waals surface area contributed by atoms with Crippen LogP contribution in [-0.2, 0) is 15.1 Å². The SMILES string of the molecule is CCCCC1(CCCC)CSc2cc(OCC(=O)NC(C)(C(=O)O)c3ccccc3)c(SC)cc2N(c2ccccc2)C1. The first-order valence-electron chi connectivity index (χ1n) is 15.2. The van der Waals surface area contributed by atoms with Gasteiger partial charge in [-0.25, -0.2) is 4.79 Å². The molecule has 1 atom stereocenters. The van der Waals surface area contributed by atoms with E-state index in [1.807, 2.05) is 24.1 Å². The molecule has 1 aliphatic heterocycles. The van der Waals surface area contributed by atoms with Crippen LogP contribution in [0.1, 0.15) is 64.9 Å². The summed E-state index contributed by atoms with van der Waals surface area (Å²) in [6.45, 7) is 6.71. The van der Waals surface area contributed by atoms with Gasteiger partial charge in [-0.2, -0.15) is 0 Å². The zero-order valence-corrected chi connectivity index (χ0v) is 27.4. The Kier molecular flexibility index (Phi) is 11.5. The molecule has 2 N–H and O–H groups in total. The van der Waals surface area contributed by atoms with Crippen molar-refractivity contribution in [3.05, 3.63) is 78.4 Å². The van der Waals surface area contributed by atoms with Crippen LogP contribution in [0, 0.1) is 5.41 Å². The van der Waals surface area contributed by atoms with Gasteiger partial charge in [-0.3, -0.25) is 4.79 Å². The molecule has 3 aromatic rings. The van der Waals surface area contributed by atoms with Crippen LogP contribution < -0.4 is 15.0 Å². The van der Waals surface area contributed by atoms with Gasteiger partial charge in [0.05, 0.1) is 10.6 Å². The van der Waals surface area contributed by atoms with E-state index in [1.165, 1.54) is 51.1 Å². The number of carbonyl (C=O) groups excluding carboxylic acids is 1. The Morgan fingerprint density at radius 1 is 1.02 bits per heavy atom. The number of fused-ring (bicyclic) bond motifs is 1. The van der Waals surface area contributed by atoms with Gasteiger partial charge in [-0.05, 0) is 61.3 Å². The second-order valence-corrected chi connectivity index (χ2v) is 13.4. The van der Waals surface area contributed by atoms with Crippen molar-refractivity contribution in [1.29, 1.82) is 0 Å². The molecule has 0 bridgehead atoms. The van der Waals surface area contributed by atoms with Crippen LogP contribution in [0.15, 0.2) is 82.6 Å². The highest BCUT2D eigenvalue weighted by molar-refractivity contribution is 7.99. The molecule has 230 valence electrons. The van der Waals surface area contributed by atoms with E-state index >= 15 is 0 Å². The highest BCUT2D eigenvalue weighted by atomic mass is 32.2. The fraction of sp³-hybridized carbons (Fsp3) is 0.429. The number of hydrogen-bond acceptors (Lipinski definition) is 6. The van der Waals surface area contributed by atoms with Crippen LogP contribution in [0.2, 0.25) is 0 Å². The lowest BCUT2D eigenvalue weighted by Crippen LogP contribution is -2.50. The summed E-state index contributed by atoms with van der Waals surface area (Å²) in [5, 5.41) is 12.6. The second kappa shape index (κ2) is 15.1. The minimum Gasteiger partial charge on any atom is -0.483 e. The maximum absolute atomic E-state index is 13.1. The molecule has 0 saturated heterocycles. The summed E-state index contributed by atoms with van der Waals surface area (Å²) in [6, 6.07) is 23.6. The average molecular weight is 621 g/mol. The smallest absolute Gasteiger partial charge is 0.333 e. The molecule has 0 radical (unpaired) electrons. The molecule has 1 heterocycles. The number of para-hydroxylation sites is 1. The molecular weight excluding hydrogens is 577 g/mol. The van der Waals surface area contributed by atoms with Gasteiger partial charge in [-0.15, -0.1) is 23.5 Å². The molecule has 0 saturated carbocycles. The van der Waals surface area contributed by atoms with Crippen molar-refractivity contribution < 1.29 is 19.4 Å². The fourth-order valence-corrected chi connectivity index (χ4v) is 7.57. The first-order valence-corrected chi connectivity index (χ1v) is 17.4. The van der Waals surface area contributed by atoms with Crippen molar-refractivity contribution in [2.24, 2.45) is 5.41 Å². The largest absolute Gasteiger partial charge is 0.483 e. The van der Waals surface area contributed by atoms with E-state index < -0.39 is 17.4 Å². The number of benzene rings is 3. The van der Waals surface area contributed by atoms with Gasteiger partial charge in [0.15, 0.2) is 12.1 Å². The fourth-order valence-electron chi connectivity index (χ4n) is 5.67. The highest BCUT2D eigenvalue weighted by Gasteiger charge is 2.38. The van der Waals surface area contributed by atoms with E-state index in [-0.39, 0.29) is 12.0 Å². The lowest BCUT2D eigenvalue weighted by molar-refractivity contribution is -0.147. The van der Waals surface area contributed by atoms with Gasteiger partial charge < -0.3 is 20.1 Å². The third kappa shape index (κ3) is 7.90. The van der Waals surface area contributed by atoms with Crippen LogP contribution in [0.25, 0.3) is 0 Å². The lowest BCUT2D eigenvalue weighted by atomic mass is 9.79. The van der Waals surface area contributed by atoms with Crippen LogP contribution in [0.4, 0.5) is 11.4 Å². The lowest BCUT2D eigenvalue weighted by Gasteiger charge is -2.37. The van der Waals surface area contributed by atoms with Crippen molar-refractivity contribution in [3.8, 4) is 5.75 Å². The maximum Gasteiger partial charge on any atom is 0.333 e. The number of aliphatic carboxylic acids is 1. The molecule has 0 spiro atoms. The number of amides is 1. The Bertz CT molecular complexity index is 1360. The van der Waals surface area contributed by atoms with Crippen LogP contribution >= 0.6 is 23.5 Å². The summed E-state index contributed by atoms with van der Waals surface area (Å²) < 4.78 is 6.12. The topological polar surface area (TPSA) is 78.9 Å². The number of unbranched alkanes of at least 4 members (excludes halogenated alkanes) is 2. The third-order valence-electron chi connectivity index (χ3n) is 8.28. The number of hydrogen-bond donors (Lipinski definition) is 2. The zero-order chi connectivity index (χ0) is 30.9. The highest BCUT2D eigenvalue weighted by Crippen LogP contribution is 2.50. The van der Waals surface area contributed by atoms with Crippen molar-refractivity contribution >= 4 is 46.8 Å². The number of thioether (sulfide) groups is 2. The predicted molar refractivity (Wildman–Crippen MR) is 179 cm³/mol. The Morgan fingerprint density at radius 2 is 1.65 bits per heavy atom. The number of ether oxygens (including phenoxy) is 1. The van der Waals surface area contributed by atoms with E-state index in [2.05, 4.69) is 66.5 Å². The third-order valence-corrected chi connectivity index (χ3v) is 10.4. The predicted octanol–water partition coefficient (Wildman–Crippen LogP) is 8.51. The molecule has 3 aromatic carbocycles. The Labute approximate surface area is 265 Å². The van der Waals surface area contributed by atoms with Crippen molar-refractivity contribution in [3.63, 3.8) is 0 Å². The second-order valence-electron chi connectivity index (χ2n) is 11.5. The van der Waals surface area contributed by atoms with Gasteiger partial charge in [-0.1, -0.05) is 88.1 Å². The molecular formula is C35H44N2O4S2. The number of carboxylic acids is 1. The molecule has 0 aliphatic carbocycles. The van der Waals surface area contributed by atoms with Crippen molar-refractivity contribution in [2.75, 3.05) is 30.1 Å². The van der Waals surface area contributed by atoms with E-state index in [0.29, 0.717) is 11.3 Å². The maximum atomic E-state index is 13.1. The Balaban J connectivity index is 1.63. The summed E-state index contributed by atoms with van der Waals surface area (Å²) in [4.78, 5) is 29.8. The summed E-state index contributed by atoms with van der Waals surface area (Å²) in [6.07, 6.45) is 9.17. The summed E-state index contributed by atoms with van der Waals surface area (Å²) >= 11 is 3.47. The average Bonchev–Trinajstić information content (AvgIpc) is 3.19. The summed E-state index contributed by atoms with van der Waals surface area (Å²) in [5.41, 5.74) is 1.46. The quantitative estimate of drug-likeness (QED) is 0.175. The monoisotopic (exact) mass is 620 g/mol. The molecule has 4 rings (SSSR count). The van der Waals surface area contributed by atoms with Crippen LogP contribution in [0.5, 0.6) is 5.75 Å². The molecule has 0 aromatic heterocycles. The summed E-state index contributed by atoms with van der Waals surface area (Å²) in [5.74, 6) is 0.0327. The van der Waals surface area contributed by atoms with E-state index in [4.69, 9.17) is 4.74 Å². The molecule has 6 nitrogen and oxygen atoms in total. The Hall–Kier alpha value is -3.10. The van der Waals surface area contributed by atoms with Gasteiger partial charge in [0.25, 0.3) is 5.91 Å². The van der Waals surface area contributed by atoms with Crippen LogP contribution in [0.3, 0.4) is 0 Å². The molecule has 1 unspecified atom stereocenters. The number of rotatable bonds is 14. The first kappa shape index (κ1) is 32.8. The molecule has 43 heavy (non-hydrogen) atoms. The van der Waals surface area contributed by atoms with Crippen LogP contribution in [-0.4, -0.2) is 42.1 Å². The van der Waals surface area contributed by atoms with E-state index in [0.717, 1.165) is 27.8 Å². The molecule has 1 amide bonds. The number of nitrogens with zero attached hydrogens (tertiary/aromatic N) is 1. The van der Waals surface area contributed by atoms with Crippen molar-refractivity contribution in [2.45, 2.75) is 74.6 Å². The number of carboxylic acid groups (broad SMARTS) is 1. The van der Waals surface area contributed by atoms with E-state index in [1.54, 1.807) is 36.0 Å². The summed E-state index contributed by atoms with van der Waals surface area (Å²) in [7, 11) is 0. The molecule has 0 fully saturated rings. The number of anilines is 2. The van der Waals surface area contributed by atoms with Gasteiger partial charge in [0.2, 0.25) is 0 Å². The van der Waals surface area contributed by atoms with E-state index in [9.17, 15) is 14.7 Å². The minimum absolute atomic E-state index is 0.185. The van der Waals surface area contributed by atoms with Gasteiger partial charge in [0, 0.05) is 22.9 Å². The van der Waals surface area contributed by atoms with Gasteiger partial charge in [0.1, 0.15) is 5.75 Å². The first-order chi connectivity index (χ1) is 20.7. The van der Waals surface area contributed by atoms with Crippen molar-refractivity contribution in [1.82, 2.24) is 5.32 Å². The molecule has 1 aliphatic rings. The molecule has 8 heteroatoms. The number of carbonyl (C=O) groups is 2. The standard InChI is InChI=1S/C35H44N2O4S2/c1-5-7-19-35(20-8-6-2)24-37(27-17-13-10-14-18-27)28-21-31(42-4)29(22-30(28)43-25-35)41-23-32(38)36-34(3,33(39)40)26-15-11-9-12-16-26/h9-18,21-22H,5-8,19-20,23-25H2,1-4H3,(H,36,38)(H,39,40). The van der Waals surface area contributed by atoms with Gasteiger partial charge >= 0.3 is 5.97 Å².